The molecule has 0 unspecified atom stereocenters. The number of rotatable bonds is 2. The van der Waals surface area contributed by atoms with Crippen LogP contribution in [0.5, 0.6) is 0 Å². The Labute approximate surface area is 107 Å². The smallest absolute Gasteiger partial charge is 0.155 e. The van der Waals surface area contributed by atoms with Crippen molar-refractivity contribution in [2.75, 3.05) is 5.32 Å². The summed E-state index contributed by atoms with van der Waals surface area (Å²) in [7, 11) is 1.95. The molecule has 0 atom stereocenters. The first-order chi connectivity index (χ1) is 8.75. The van der Waals surface area contributed by atoms with Gasteiger partial charge in [0, 0.05) is 13.1 Å². The Hall–Kier alpha value is -1.65. The lowest BCUT2D eigenvalue weighted by molar-refractivity contribution is 0.462. The lowest BCUT2D eigenvalue weighted by Crippen LogP contribution is -2.23. The van der Waals surface area contributed by atoms with Crippen molar-refractivity contribution in [2.24, 2.45) is 7.05 Å². The number of hydrogen-bond donors (Lipinski definition) is 1. The summed E-state index contributed by atoms with van der Waals surface area (Å²) in [4.78, 5) is 8.71. The van der Waals surface area contributed by atoms with E-state index in [1.54, 1.807) is 6.33 Å². The first-order valence-corrected chi connectivity index (χ1v) is 6.66. The van der Waals surface area contributed by atoms with E-state index < -0.39 is 0 Å². The largest absolute Gasteiger partial charge is 0.365 e. The molecule has 2 aromatic heterocycles. The zero-order valence-corrected chi connectivity index (χ0v) is 11.0. The van der Waals surface area contributed by atoms with Crippen LogP contribution in [0.4, 0.5) is 5.82 Å². The summed E-state index contributed by atoms with van der Waals surface area (Å²) in [5, 5.41) is 7.98. The molecule has 3 rings (SSSR count). The van der Waals surface area contributed by atoms with Gasteiger partial charge in [-0.3, -0.25) is 4.68 Å². The Morgan fingerprint density at radius 2 is 2.00 bits per heavy atom. The van der Waals surface area contributed by atoms with Gasteiger partial charge in [-0.05, 0) is 19.8 Å². The zero-order chi connectivity index (χ0) is 12.5. The summed E-state index contributed by atoms with van der Waals surface area (Å²) in [6, 6.07) is 0.548. The van der Waals surface area contributed by atoms with Crippen molar-refractivity contribution in [1.29, 1.82) is 0 Å². The fourth-order valence-corrected chi connectivity index (χ4v) is 2.82. The SMILES string of the molecule is Cc1nn(C)c2c(NC3CCCCC3)ncnc12. The van der Waals surface area contributed by atoms with E-state index >= 15 is 0 Å². The van der Waals surface area contributed by atoms with E-state index in [4.69, 9.17) is 0 Å². The Kier molecular flexibility index (Phi) is 2.89. The van der Waals surface area contributed by atoms with Crippen LogP contribution >= 0.6 is 0 Å². The lowest BCUT2D eigenvalue weighted by atomic mass is 9.95. The minimum absolute atomic E-state index is 0.548. The zero-order valence-electron chi connectivity index (χ0n) is 11.0. The van der Waals surface area contributed by atoms with Gasteiger partial charge < -0.3 is 5.32 Å². The number of nitrogens with zero attached hydrogens (tertiary/aromatic N) is 4. The highest BCUT2D eigenvalue weighted by Gasteiger charge is 2.17. The van der Waals surface area contributed by atoms with Crippen LogP contribution in [0.3, 0.4) is 0 Å². The third-order valence-electron chi connectivity index (χ3n) is 3.73. The minimum atomic E-state index is 0.548. The van der Waals surface area contributed by atoms with Gasteiger partial charge in [-0.25, -0.2) is 9.97 Å². The molecule has 5 heteroatoms. The van der Waals surface area contributed by atoms with Crippen LogP contribution in [-0.2, 0) is 7.05 Å². The highest BCUT2D eigenvalue weighted by atomic mass is 15.3. The molecular weight excluding hydrogens is 226 g/mol. The molecule has 0 amide bonds. The summed E-state index contributed by atoms with van der Waals surface area (Å²) < 4.78 is 1.87. The summed E-state index contributed by atoms with van der Waals surface area (Å²) in [5.41, 5.74) is 2.92. The molecular formula is C13H19N5. The fraction of sp³-hybridized carbons (Fsp3) is 0.615. The number of fused-ring (bicyclic) bond motifs is 1. The van der Waals surface area contributed by atoms with Crippen LogP contribution in [0.25, 0.3) is 11.0 Å². The second-order valence-corrected chi connectivity index (χ2v) is 5.11. The fourth-order valence-electron chi connectivity index (χ4n) is 2.82. The Bertz CT molecular complexity index is 554. The number of nitrogens with one attached hydrogen (secondary N) is 1. The van der Waals surface area contributed by atoms with Crippen LogP contribution in [0.1, 0.15) is 37.8 Å². The molecule has 1 fully saturated rings. The first kappa shape index (κ1) is 11.4. The molecule has 0 radical (unpaired) electrons. The van der Waals surface area contributed by atoms with Gasteiger partial charge in [-0.2, -0.15) is 5.10 Å². The molecule has 0 spiro atoms. The maximum atomic E-state index is 4.42. The van der Waals surface area contributed by atoms with Crippen LogP contribution < -0.4 is 5.32 Å². The summed E-state index contributed by atoms with van der Waals surface area (Å²) >= 11 is 0. The quantitative estimate of drug-likeness (QED) is 0.882. The molecule has 0 saturated heterocycles. The van der Waals surface area contributed by atoms with Gasteiger partial charge >= 0.3 is 0 Å². The minimum Gasteiger partial charge on any atom is -0.365 e. The summed E-state index contributed by atoms with van der Waals surface area (Å²) in [5.74, 6) is 0.926. The van der Waals surface area contributed by atoms with Crippen molar-refractivity contribution < 1.29 is 0 Å². The average Bonchev–Trinajstić information content (AvgIpc) is 2.67. The van der Waals surface area contributed by atoms with Crippen molar-refractivity contribution in [2.45, 2.75) is 45.1 Å². The van der Waals surface area contributed by atoms with Crippen LogP contribution in [-0.4, -0.2) is 25.8 Å². The third-order valence-corrected chi connectivity index (χ3v) is 3.73. The molecule has 2 aromatic rings. The van der Waals surface area contributed by atoms with Crippen molar-refractivity contribution in [3.05, 3.63) is 12.0 Å². The van der Waals surface area contributed by atoms with Gasteiger partial charge in [-0.15, -0.1) is 0 Å². The molecule has 1 N–H and O–H groups in total. The van der Waals surface area contributed by atoms with Crippen molar-refractivity contribution in [1.82, 2.24) is 19.7 Å². The standard InChI is InChI=1S/C13H19N5/c1-9-11-12(18(2)17-9)13(15-8-14-11)16-10-6-4-3-5-7-10/h8,10H,3-7H2,1-2H3,(H,14,15,16). The van der Waals surface area contributed by atoms with E-state index in [9.17, 15) is 0 Å². The normalized spacial score (nSPS) is 17.2. The average molecular weight is 245 g/mol. The van der Waals surface area contributed by atoms with E-state index in [0.29, 0.717) is 6.04 Å². The highest BCUT2D eigenvalue weighted by molar-refractivity contribution is 5.87. The van der Waals surface area contributed by atoms with Crippen LogP contribution in [0.15, 0.2) is 6.33 Å². The molecule has 2 heterocycles. The Morgan fingerprint density at radius 1 is 1.22 bits per heavy atom. The maximum absolute atomic E-state index is 4.42. The first-order valence-electron chi connectivity index (χ1n) is 6.66. The third kappa shape index (κ3) is 1.94. The van der Waals surface area contributed by atoms with E-state index in [2.05, 4.69) is 20.4 Å². The predicted octanol–water partition coefficient (Wildman–Crippen LogP) is 2.42. The number of hydrogen-bond acceptors (Lipinski definition) is 4. The number of anilines is 1. The van der Waals surface area contributed by atoms with Gasteiger partial charge in [0.2, 0.25) is 0 Å². The Morgan fingerprint density at radius 3 is 2.78 bits per heavy atom. The van der Waals surface area contributed by atoms with E-state index in [0.717, 1.165) is 22.5 Å². The molecule has 1 aliphatic carbocycles. The van der Waals surface area contributed by atoms with E-state index in [1.807, 2.05) is 18.7 Å². The van der Waals surface area contributed by atoms with Crippen LogP contribution in [0, 0.1) is 6.92 Å². The molecule has 96 valence electrons. The number of aryl methyl sites for hydroxylation is 2. The van der Waals surface area contributed by atoms with Gasteiger partial charge in [0.25, 0.3) is 0 Å². The molecule has 0 bridgehead atoms. The number of aromatic nitrogens is 4. The van der Waals surface area contributed by atoms with Crippen molar-refractivity contribution >= 4 is 16.9 Å². The van der Waals surface area contributed by atoms with Crippen LogP contribution in [0.2, 0.25) is 0 Å². The van der Waals surface area contributed by atoms with E-state index in [1.165, 1.54) is 32.1 Å². The highest BCUT2D eigenvalue weighted by Crippen LogP contribution is 2.25. The monoisotopic (exact) mass is 245 g/mol. The Balaban J connectivity index is 1.95. The summed E-state index contributed by atoms with van der Waals surface area (Å²) in [6.07, 6.45) is 8.10. The molecule has 1 saturated carbocycles. The topological polar surface area (TPSA) is 55.6 Å². The van der Waals surface area contributed by atoms with Gasteiger partial charge in [0.05, 0.1) is 5.69 Å². The molecule has 1 aliphatic rings. The van der Waals surface area contributed by atoms with Gasteiger partial charge in [0.15, 0.2) is 5.82 Å². The van der Waals surface area contributed by atoms with Gasteiger partial charge in [0.1, 0.15) is 17.4 Å². The van der Waals surface area contributed by atoms with Crippen molar-refractivity contribution in [3.8, 4) is 0 Å². The summed E-state index contributed by atoms with van der Waals surface area (Å²) in [6.45, 7) is 1.99. The lowest BCUT2D eigenvalue weighted by Gasteiger charge is -2.23. The van der Waals surface area contributed by atoms with Crippen molar-refractivity contribution in [3.63, 3.8) is 0 Å². The molecule has 0 aliphatic heterocycles. The molecule has 18 heavy (non-hydrogen) atoms. The maximum Gasteiger partial charge on any atom is 0.155 e. The second-order valence-electron chi connectivity index (χ2n) is 5.11. The predicted molar refractivity (Wildman–Crippen MR) is 71.5 cm³/mol. The second kappa shape index (κ2) is 4.55. The van der Waals surface area contributed by atoms with Gasteiger partial charge in [-0.1, -0.05) is 19.3 Å². The molecule has 0 aromatic carbocycles. The van der Waals surface area contributed by atoms with E-state index in [-0.39, 0.29) is 0 Å². The molecule has 5 nitrogen and oxygen atoms in total.